The second-order valence-corrected chi connectivity index (χ2v) is 5.43. The molecule has 0 saturated carbocycles. The SMILES string of the molecule is CCc1ccc(NC(=S)NC(CC)c2ccccc2)cc1. The molecule has 2 aromatic carbocycles. The van der Waals surface area contributed by atoms with Crippen molar-refractivity contribution in [3.63, 3.8) is 0 Å². The van der Waals surface area contributed by atoms with Crippen molar-refractivity contribution in [2.24, 2.45) is 0 Å². The first-order chi connectivity index (χ1) is 10.2. The van der Waals surface area contributed by atoms with E-state index in [1.54, 1.807) is 0 Å². The van der Waals surface area contributed by atoms with Crippen LogP contribution in [0.25, 0.3) is 0 Å². The first-order valence-electron chi connectivity index (χ1n) is 7.44. The number of aryl methyl sites for hydroxylation is 1. The normalized spacial score (nSPS) is 11.7. The molecule has 3 heteroatoms. The van der Waals surface area contributed by atoms with Crippen molar-refractivity contribution in [1.82, 2.24) is 5.32 Å². The molecule has 1 atom stereocenters. The van der Waals surface area contributed by atoms with Crippen LogP contribution in [0, 0.1) is 0 Å². The lowest BCUT2D eigenvalue weighted by Crippen LogP contribution is -2.32. The zero-order valence-corrected chi connectivity index (χ0v) is 13.4. The Labute approximate surface area is 132 Å². The molecule has 0 aliphatic heterocycles. The van der Waals surface area contributed by atoms with Crippen molar-refractivity contribution in [2.45, 2.75) is 32.7 Å². The number of benzene rings is 2. The van der Waals surface area contributed by atoms with E-state index in [9.17, 15) is 0 Å². The third kappa shape index (κ3) is 4.57. The highest BCUT2D eigenvalue weighted by Crippen LogP contribution is 2.16. The third-order valence-corrected chi connectivity index (χ3v) is 3.76. The van der Waals surface area contributed by atoms with Crippen LogP contribution in [0.5, 0.6) is 0 Å². The van der Waals surface area contributed by atoms with Crippen LogP contribution in [0.4, 0.5) is 5.69 Å². The molecule has 2 aromatic rings. The molecule has 0 amide bonds. The summed E-state index contributed by atoms with van der Waals surface area (Å²) < 4.78 is 0. The zero-order chi connectivity index (χ0) is 15.1. The first kappa shape index (κ1) is 15.5. The quantitative estimate of drug-likeness (QED) is 0.783. The Hall–Kier alpha value is -1.87. The predicted octanol–water partition coefficient (Wildman–Crippen LogP) is 4.69. The Morgan fingerprint density at radius 3 is 2.24 bits per heavy atom. The summed E-state index contributed by atoms with van der Waals surface area (Å²) in [6.45, 7) is 4.31. The molecule has 110 valence electrons. The Morgan fingerprint density at radius 1 is 1.00 bits per heavy atom. The zero-order valence-electron chi connectivity index (χ0n) is 12.6. The largest absolute Gasteiger partial charge is 0.356 e. The van der Waals surface area contributed by atoms with Gasteiger partial charge < -0.3 is 10.6 Å². The lowest BCUT2D eigenvalue weighted by Gasteiger charge is -2.20. The highest BCUT2D eigenvalue weighted by Gasteiger charge is 2.09. The summed E-state index contributed by atoms with van der Waals surface area (Å²) in [6, 6.07) is 19.0. The average Bonchev–Trinajstić information content (AvgIpc) is 2.54. The number of hydrogen-bond donors (Lipinski definition) is 2. The molecule has 0 fully saturated rings. The first-order valence-corrected chi connectivity index (χ1v) is 7.85. The Kier molecular flexibility index (Phi) is 5.76. The van der Waals surface area contributed by atoms with Gasteiger partial charge in [0, 0.05) is 5.69 Å². The lowest BCUT2D eigenvalue weighted by molar-refractivity contribution is 0.629. The molecular formula is C18H22N2S. The fourth-order valence-electron chi connectivity index (χ4n) is 2.26. The maximum Gasteiger partial charge on any atom is 0.171 e. The topological polar surface area (TPSA) is 24.1 Å². The summed E-state index contributed by atoms with van der Waals surface area (Å²) in [4.78, 5) is 0. The molecule has 0 aliphatic carbocycles. The van der Waals surface area contributed by atoms with Crippen LogP contribution in [-0.4, -0.2) is 5.11 Å². The summed E-state index contributed by atoms with van der Waals surface area (Å²) in [5, 5.41) is 7.29. The van der Waals surface area contributed by atoms with Crippen molar-refractivity contribution in [3.05, 3.63) is 65.7 Å². The molecule has 21 heavy (non-hydrogen) atoms. The molecule has 0 heterocycles. The van der Waals surface area contributed by atoms with Crippen LogP contribution in [-0.2, 0) is 6.42 Å². The molecule has 2 nitrogen and oxygen atoms in total. The van der Waals surface area contributed by atoms with Gasteiger partial charge in [-0.25, -0.2) is 0 Å². The van der Waals surface area contributed by atoms with E-state index in [-0.39, 0.29) is 6.04 Å². The minimum Gasteiger partial charge on any atom is -0.356 e. The van der Waals surface area contributed by atoms with Gasteiger partial charge in [0.05, 0.1) is 6.04 Å². The number of nitrogens with one attached hydrogen (secondary N) is 2. The van der Waals surface area contributed by atoms with E-state index < -0.39 is 0 Å². The highest BCUT2D eigenvalue weighted by molar-refractivity contribution is 7.80. The van der Waals surface area contributed by atoms with Crippen molar-refractivity contribution < 1.29 is 0 Å². The van der Waals surface area contributed by atoms with Gasteiger partial charge >= 0.3 is 0 Å². The molecule has 0 aliphatic rings. The van der Waals surface area contributed by atoms with Crippen LogP contribution in [0.1, 0.15) is 37.4 Å². The van der Waals surface area contributed by atoms with E-state index in [4.69, 9.17) is 12.2 Å². The fraction of sp³-hybridized carbons (Fsp3) is 0.278. The summed E-state index contributed by atoms with van der Waals surface area (Å²) in [7, 11) is 0. The summed E-state index contributed by atoms with van der Waals surface area (Å²) in [5.41, 5.74) is 3.60. The van der Waals surface area contributed by atoms with E-state index in [1.807, 2.05) is 6.07 Å². The van der Waals surface area contributed by atoms with Gasteiger partial charge in [-0.3, -0.25) is 0 Å². The molecule has 0 radical (unpaired) electrons. The third-order valence-electron chi connectivity index (χ3n) is 3.54. The average molecular weight is 298 g/mol. The Balaban J connectivity index is 1.96. The smallest absolute Gasteiger partial charge is 0.171 e. The fourth-order valence-corrected chi connectivity index (χ4v) is 2.52. The van der Waals surface area contributed by atoms with Gasteiger partial charge in [0.2, 0.25) is 0 Å². The van der Waals surface area contributed by atoms with Crippen molar-refractivity contribution >= 4 is 23.0 Å². The van der Waals surface area contributed by atoms with Gasteiger partial charge in [0.1, 0.15) is 0 Å². The van der Waals surface area contributed by atoms with Crippen molar-refractivity contribution in [3.8, 4) is 0 Å². The second kappa shape index (κ2) is 7.79. The van der Waals surface area contributed by atoms with Gasteiger partial charge in [0.15, 0.2) is 5.11 Å². The number of hydrogen-bond acceptors (Lipinski definition) is 1. The number of rotatable bonds is 5. The van der Waals surface area contributed by atoms with Crippen LogP contribution in [0.2, 0.25) is 0 Å². The van der Waals surface area contributed by atoms with Crippen molar-refractivity contribution in [1.29, 1.82) is 0 Å². The highest BCUT2D eigenvalue weighted by atomic mass is 32.1. The molecule has 0 saturated heterocycles. The Bertz CT molecular complexity index is 564. The molecule has 1 unspecified atom stereocenters. The minimum atomic E-state index is 0.237. The van der Waals surface area contributed by atoms with E-state index in [1.165, 1.54) is 11.1 Å². The van der Waals surface area contributed by atoms with Crippen LogP contribution in [0.15, 0.2) is 54.6 Å². The Morgan fingerprint density at radius 2 is 1.67 bits per heavy atom. The maximum absolute atomic E-state index is 5.42. The predicted molar refractivity (Wildman–Crippen MR) is 94.7 cm³/mol. The van der Waals surface area contributed by atoms with Gasteiger partial charge in [-0.15, -0.1) is 0 Å². The van der Waals surface area contributed by atoms with Gasteiger partial charge in [0.25, 0.3) is 0 Å². The van der Waals surface area contributed by atoms with Crippen LogP contribution < -0.4 is 10.6 Å². The van der Waals surface area contributed by atoms with Gasteiger partial charge in [-0.2, -0.15) is 0 Å². The molecule has 0 bridgehead atoms. The molecular weight excluding hydrogens is 276 g/mol. The molecule has 0 spiro atoms. The lowest BCUT2D eigenvalue weighted by atomic mass is 10.1. The van der Waals surface area contributed by atoms with Gasteiger partial charge in [-0.05, 0) is 48.3 Å². The van der Waals surface area contributed by atoms with Gasteiger partial charge in [-0.1, -0.05) is 56.3 Å². The number of anilines is 1. The van der Waals surface area contributed by atoms with Crippen molar-refractivity contribution in [2.75, 3.05) is 5.32 Å². The van der Waals surface area contributed by atoms with E-state index in [2.05, 4.69) is 73.0 Å². The van der Waals surface area contributed by atoms with E-state index >= 15 is 0 Å². The summed E-state index contributed by atoms with van der Waals surface area (Å²) in [6.07, 6.45) is 2.04. The summed E-state index contributed by atoms with van der Waals surface area (Å²) in [5.74, 6) is 0. The molecule has 0 aromatic heterocycles. The minimum absolute atomic E-state index is 0.237. The maximum atomic E-state index is 5.42. The van der Waals surface area contributed by atoms with Crippen LogP contribution >= 0.6 is 12.2 Å². The van der Waals surface area contributed by atoms with E-state index in [0.717, 1.165) is 18.5 Å². The van der Waals surface area contributed by atoms with E-state index in [0.29, 0.717) is 5.11 Å². The standard InChI is InChI=1S/C18H22N2S/c1-3-14-10-12-16(13-11-14)19-18(21)20-17(4-2)15-8-6-5-7-9-15/h5-13,17H,3-4H2,1-2H3,(H2,19,20,21). The monoisotopic (exact) mass is 298 g/mol. The molecule has 2 rings (SSSR count). The second-order valence-electron chi connectivity index (χ2n) is 5.02. The summed E-state index contributed by atoms with van der Waals surface area (Å²) >= 11 is 5.42. The van der Waals surface area contributed by atoms with Crippen LogP contribution in [0.3, 0.4) is 0 Å². The molecule has 2 N–H and O–H groups in total. The number of thiocarbonyl (C=S) groups is 1.